The number of carbonyl (C=O) groups is 2. The third-order valence-electron chi connectivity index (χ3n) is 3.95. The van der Waals surface area contributed by atoms with Crippen LogP contribution in [0.3, 0.4) is 0 Å². The second-order valence-corrected chi connectivity index (χ2v) is 7.13. The van der Waals surface area contributed by atoms with Crippen LogP contribution in [0.2, 0.25) is 0 Å². The molecule has 25 heavy (non-hydrogen) atoms. The summed E-state index contributed by atoms with van der Waals surface area (Å²) in [4.78, 5) is 25.8. The Kier molecular flexibility index (Phi) is 5.76. The van der Waals surface area contributed by atoms with E-state index in [1.54, 1.807) is 12.1 Å². The number of rotatable bonds is 7. The molecular formula is C20H21NO3S. The summed E-state index contributed by atoms with van der Waals surface area (Å²) in [5.41, 5.74) is 1.81. The molecule has 1 fully saturated rings. The minimum absolute atomic E-state index is 0.172. The van der Waals surface area contributed by atoms with Gasteiger partial charge in [-0.1, -0.05) is 48.5 Å². The van der Waals surface area contributed by atoms with Crippen LogP contribution in [0.25, 0.3) is 0 Å². The summed E-state index contributed by atoms with van der Waals surface area (Å²) in [7, 11) is 0. The lowest BCUT2D eigenvalue weighted by atomic mass is 10.1. The standard InChI is InChI=1S/C20H21NO3S/c1-14-7-5-6-10-17(14)25-13-18(22)24-19(15-8-3-2-4-9-15)20(23)21-16-11-12-16/h2-10,16,19H,11-13H2,1H3,(H,21,23)/t19-/m1/s1. The first-order chi connectivity index (χ1) is 12.1. The number of hydrogen-bond donors (Lipinski definition) is 1. The van der Waals surface area contributed by atoms with E-state index in [1.165, 1.54) is 11.8 Å². The lowest BCUT2D eigenvalue weighted by molar-refractivity contribution is -0.154. The Morgan fingerprint density at radius 3 is 2.48 bits per heavy atom. The molecule has 130 valence electrons. The van der Waals surface area contributed by atoms with Gasteiger partial charge in [-0.25, -0.2) is 0 Å². The number of carbonyl (C=O) groups excluding carboxylic acids is 2. The molecule has 0 aromatic heterocycles. The van der Waals surface area contributed by atoms with Crippen molar-refractivity contribution >= 4 is 23.6 Å². The van der Waals surface area contributed by atoms with E-state index in [9.17, 15) is 9.59 Å². The molecule has 1 atom stereocenters. The van der Waals surface area contributed by atoms with Crippen LogP contribution < -0.4 is 5.32 Å². The van der Waals surface area contributed by atoms with E-state index in [0.717, 1.165) is 23.3 Å². The van der Waals surface area contributed by atoms with Gasteiger partial charge in [-0.3, -0.25) is 9.59 Å². The predicted molar refractivity (Wildman–Crippen MR) is 98.3 cm³/mol. The Morgan fingerprint density at radius 2 is 1.80 bits per heavy atom. The summed E-state index contributed by atoms with van der Waals surface area (Å²) in [6.07, 6.45) is 1.08. The zero-order valence-corrected chi connectivity index (χ0v) is 14.9. The first-order valence-electron chi connectivity index (χ1n) is 8.36. The van der Waals surface area contributed by atoms with Gasteiger partial charge >= 0.3 is 5.97 Å². The highest BCUT2D eigenvalue weighted by molar-refractivity contribution is 8.00. The number of benzene rings is 2. The third-order valence-corrected chi connectivity index (χ3v) is 5.10. The topological polar surface area (TPSA) is 55.4 Å². The van der Waals surface area contributed by atoms with Crippen LogP contribution in [0, 0.1) is 6.92 Å². The molecule has 1 amide bonds. The van der Waals surface area contributed by atoms with Gasteiger partial charge in [0.25, 0.3) is 5.91 Å². The molecule has 1 N–H and O–H groups in total. The van der Waals surface area contributed by atoms with Crippen molar-refractivity contribution in [2.45, 2.75) is 36.8 Å². The third kappa shape index (κ3) is 5.10. The summed E-state index contributed by atoms with van der Waals surface area (Å²) in [6.45, 7) is 2.00. The minimum atomic E-state index is -0.897. The normalized spacial score (nSPS) is 14.6. The van der Waals surface area contributed by atoms with Crippen molar-refractivity contribution in [1.82, 2.24) is 5.32 Å². The van der Waals surface area contributed by atoms with E-state index < -0.39 is 12.1 Å². The first-order valence-corrected chi connectivity index (χ1v) is 9.35. The Bertz CT molecular complexity index is 744. The van der Waals surface area contributed by atoms with Crippen LogP contribution >= 0.6 is 11.8 Å². The molecule has 3 rings (SSSR count). The highest BCUT2D eigenvalue weighted by Gasteiger charge is 2.30. The van der Waals surface area contributed by atoms with Crippen LogP contribution in [-0.2, 0) is 14.3 Å². The largest absolute Gasteiger partial charge is 0.447 e. The van der Waals surface area contributed by atoms with E-state index in [1.807, 2.05) is 49.4 Å². The Labute approximate surface area is 152 Å². The summed E-state index contributed by atoms with van der Waals surface area (Å²) < 4.78 is 5.52. The number of hydrogen-bond acceptors (Lipinski definition) is 4. The highest BCUT2D eigenvalue weighted by Crippen LogP contribution is 2.25. The maximum absolute atomic E-state index is 12.5. The van der Waals surface area contributed by atoms with E-state index in [4.69, 9.17) is 4.74 Å². The zero-order chi connectivity index (χ0) is 17.6. The van der Waals surface area contributed by atoms with Crippen LogP contribution in [-0.4, -0.2) is 23.7 Å². The highest BCUT2D eigenvalue weighted by atomic mass is 32.2. The molecule has 0 radical (unpaired) electrons. The van der Waals surface area contributed by atoms with Gasteiger partial charge in [0.2, 0.25) is 6.10 Å². The van der Waals surface area contributed by atoms with Gasteiger partial charge in [0.15, 0.2) is 0 Å². The molecule has 1 aliphatic carbocycles. The van der Waals surface area contributed by atoms with Crippen molar-refractivity contribution in [2.24, 2.45) is 0 Å². The fourth-order valence-corrected chi connectivity index (χ4v) is 3.24. The van der Waals surface area contributed by atoms with Crippen molar-refractivity contribution in [3.05, 3.63) is 65.7 Å². The molecule has 0 heterocycles. The van der Waals surface area contributed by atoms with Crippen LogP contribution in [0.5, 0.6) is 0 Å². The van der Waals surface area contributed by atoms with Gasteiger partial charge in [-0.2, -0.15) is 0 Å². The van der Waals surface area contributed by atoms with Crippen molar-refractivity contribution in [3.8, 4) is 0 Å². The molecule has 0 unspecified atom stereocenters. The summed E-state index contributed by atoms with van der Waals surface area (Å²) in [6, 6.07) is 17.3. The Balaban J connectivity index is 1.63. The number of nitrogens with one attached hydrogen (secondary N) is 1. The molecule has 0 aliphatic heterocycles. The SMILES string of the molecule is Cc1ccccc1SCC(=O)O[C@@H](C(=O)NC1CC1)c1ccccc1. The average molecular weight is 355 g/mol. The van der Waals surface area contributed by atoms with Gasteiger partial charge in [-0.15, -0.1) is 11.8 Å². The number of esters is 1. The molecule has 2 aromatic rings. The Morgan fingerprint density at radius 1 is 1.12 bits per heavy atom. The summed E-state index contributed by atoms with van der Waals surface area (Å²) in [5.74, 6) is -0.471. The average Bonchev–Trinajstić information content (AvgIpc) is 3.43. The summed E-state index contributed by atoms with van der Waals surface area (Å²) >= 11 is 1.42. The van der Waals surface area contributed by atoms with E-state index in [-0.39, 0.29) is 17.7 Å². The number of aryl methyl sites for hydroxylation is 1. The molecule has 5 heteroatoms. The van der Waals surface area contributed by atoms with Gasteiger partial charge in [0.05, 0.1) is 5.75 Å². The molecule has 0 saturated heterocycles. The van der Waals surface area contributed by atoms with E-state index >= 15 is 0 Å². The van der Waals surface area contributed by atoms with Crippen molar-refractivity contribution in [1.29, 1.82) is 0 Å². The van der Waals surface area contributed by atoms with E-state index in [0.29, 0.717) is 5.56 Å². The number of amides is 1. The molecule has 2 aromatic carbocycles. The fraction of sp³-hybridized carbons (Fsp3) is 0.300. The molecule has 1 aliphatic rings. The predicted octanol–water partition coefficient (Wildman–Crippen LogP) is 3.65. The van der Waals surface area contributed by atoms with Crippen molar-refractivity contribution < 1.29 is 14.3 Å². The lowest BCUT2D eigenvalue weighted by Gasteiger charge is -2.18. The quantitative estimate of drug-likeness (QED) is 0.608. The zero-order valence-electron chi connectivity index (χ0n) is 14.1. The van der Waals surface area contributed by atoms with Crippen LogP contribution in [0.4, 0.5) is 0 Å². The van der Waals surface area contributed by atoms with Gasteiger partial charge < -0.3 is 10.1 Å². The molecule has 1 saturated carbocycles. The maximum Gasteiger partial charge on any atom is 0.317 e. The Hall–Kier alpha value is -2.27. The van der Waals surface area contributed by atoms with Crippen LogP contribution in [0.15, 0.2) is 59.5 Å². The van der Waals surface area contributed by atoms with Gasteiger partial charge in [-0.05, 0) is 31.4 Å². The van der Waals surface area contributed by atoms with E-state index in [2.05, 4.69) is 5.32 Å². The van der Waals surface area contributed by atoms with Crippen molar-refractivity contribution in [2.75, 3.05) is 5.75 Å². The van der Waals surface area contributed by atoms with Crippen LogP contribution in [0.1, 0.15) is 30.1 Å². The lowest BCUT2D eigenvalue weighted by Crippen LogP contribution is -2.33. The second kappa shape index (κ2) is 8.21. The molecule has 0 bridgehead atoms. The van der Waals surface area contributed by atoms with Gasteiger partial charge in [0, 0.05) is 16.5 Å². The molecule has 0 spiro atoms. The maximum atomic E-state index is 12.5. The van der Waals surface area contributed by atoms with Gasteiger partial charge in [0.1, 0.15) is 0 Å². The fourth-order valence-electron chi connectivity index (χ4n) is 2.43. The number of ether oxygens (including phenoxy) is 1. The molecular weight excluding hydrogens is 334 g/mol. The second-order valence-electron chi connectivity index (χ2n) is 6.12. The molecule has 4 nitrogen and oxygen atoms in total. The smallest absolute Gasteiger partial charge is 0.317 e. The monoisotopic (exact) mass is 355 g/mol. The first kappa shape index (κ1) is 17.5. The summed E-state index contributed by atoms with van der Waals surface area (Å²) in [5, 5.41) is 2.92. The van der Waals surface area contributed by atoms with Crippen molar-refractivity contribution in [3.63, 3.8) is 0 Å². The number of thioether (sulfide) groups is 1. The minimum Gasteiger partial charge on any atom is -0.447 e.